The average Bonchev–Trinajstić information content (AvgIpc) is 2.82. The smallest absolute Gasteiger partial charge is 0.343 e. The number of benzene rings is 1. The molecule has 9 nitrogen and oxygen atoms in total. The molecule has 3 N–H and O–H groups in total. The van der Waals surface area contributed by atoms with E-state index in [4.69, 9.17) is 4.42 Å². The van der Waals surface area contributed by atoms with Gasteiger partial charge in [-0.25, -0.2) is 9.59 Å². The molecule has 0 radical (unpaired) electrons. The van der Waals surface area contributed by atoms with Gasteiger partial charge in [0.15, 0.2) is 0 Å². The first-order valence-corrected chi connectivity index (χ1v) is 10.9. The van der Waals surface area contributed by atoms with E-state index in [1.165, 1.54) is 59.4 Å². The maximum absolute atomic E-state index is 12.8. The van der Waals surface area contributed by atoms with E-state index in [0.29, 0.717) is 5.56 Å². The monoisotopic (exact) mass is 455 g/mol. The van der Waals surface area contributed by atoms with Crippen molar-refractivity contribution in [2.24, 2.45) is 14.1 Å². The third-order valence-corrected chi connectivity index (χ3v) is 5.76. The zero-order valence-electron chi connectivity index (χ0n) is 19.0. The van der Waals surface area contributed by atoms with Crippen LogP contribution in [-0.2, 0) is 14.1 Å². The normalized spacial score (nSPS) is 14.3. The van der Waals surface area contributed by atoms with Crippen LogP contribution in [0.3, 0.4) is 0 Å². The number of aryl methyl sites for hydroxylation is 1. The minimum Gasteiger partial charge on any atom is -0.860 e. The quantitative estimate of drug-likeness (QED) is 0.573. The first-order valence-electron chi connectivity index (χ1n) is 10.9. The van der Waals surface area contributed by atoms with Gasteiger partial charge >= 0.3 is 11.3 Å². The molecule has 9 heteroatoms. The predicted molar refractivity (Wildman–Crippen MR) is 121 cm³/mol. The van der Waals surface area contributed by atoms with Crippen LogP contribution in [0.15, 0.2) is 55.2 Å². The number of rotatable bonds is 3. The van der Waals surface area contributed by atoms with Gasteiger partial charge < -0.3 is 24.5 Å². The molecule has 0 bridgehead atoms. The number of hydrogen-bond acceptors (Lipinski definition) is 6. The molecule has 1 aliphatic heterocycles. The fourth-order valence-electron chi connectivity index (χ4n) is 3.99. The average molecular weight is 456 g/mol. The second-order valence-electron chi connectivity index (χ2n) is 8.14. The highest BCUT2D eigenvalue weighted by Gasteiger charge is 2.29. The van der Waals surface area contributed by atoms with E-state index in [2.05, 4.69) is 5.32 Å². The van der Waals surface area contributed by atoms with Crippen molar-refractivity contribution in [3.05, 3.63) is 90.1 Å². The van der Waals surface area contributed by atoms with Crippen LogP contribution in [-0.4, -0.2) is 27.3 Å². The van der Waals surface area contributed by atoms with Crippen molar-refractivity contribution < 1.29 is 19.9 Å². The second-order valence-corrected chi connectivity index (χ2v) is 8.14. The van der Waals surface area contributed by atoms with Crippen molar-refractivity contribution in [3.63, 3.8) is 0 Å². The molecule has 4 rings (SSSR count). The number of nitrogens with zero attached hydrogens (tertiary/aromatic N) is 2. The lowest BCUT2D eigenvalue weighted by molar-refractivity contribution is -0.662. The van der Waals surface area contributed by atoms with Gasteiger partial charge in [-0.3, -0.25) is 9.36 Å². The fourth-order valence-corrected chi connectivity index (χ4v) is 3.99. The van der Waals surface area contributed by atoms with Crippen molar-refractivity contribution in [1.29, 1.82) is 0 Å². The topological polar surface area (TPSA) is 134 Å². The Bertz CT molecular complexity index is 1280. The Kier molecular flexibility index (Phi) is 7.55. The van der Waals surface area contributed by atoms with Gasteiger partial charge in [0.25, 0.3) is 5.56 Å². The van der Waals surface area contributed by atoms with Gasteiger partial charge in [0.2, 0.25) is 0 Å². The van der Waals surface area contributed by atoms with E-state index in [-0.39, 0.29) is 16.9 Å². The Morgan fingerprint density at radius 2 is 1.64 bits per heavy atom. The Morgan fingerprint density at radius 1 is 1.00 bits per heavy atom. The maximum Gasteiger partial charge on any atom is 0.343 e. The Hall–Kier alpha value is -3.59. The van der Waals surface area contributed by atoms with Crippen LogP contribution in [0.4, 0.5) is 0 Å². The maximum atomic E-state index is 12.8. The summed E-state index contributed by atoms with van der Waals surface area (Å²) in [6, 6.07) is 9.55. The molecule has 0 aliphatic carbocycles. The summed E-state index contributed by atoms with van der Waals surface area (Å²) in [6.07, 6.45) is 4.36. The summed E-state index contributed by atoms with van der Waals surface area (Å²) in [5.74, 6) is -2.24. The summed E-state index contributed by atoms with van der Waals surface area (Å²) in [5, 5.41) is 25.6. The number of aromatic nitrogens is 2. The van der Waals surface area contributed by atoms with Gasteiger partial charge in [0.1, 0.15) is 11.5 Å². The molecule has 0 saturated carbocycles. The zero-order chi connectivity index (χ0) is 24.1. The standard InChI is InChI=1S/C19H18N2O6.C5H11N/c1-10-9-12(22)14(18(25)27-10)13(11-7-5-4-6-8-11)15-16(23)20(2)19(26)21(3)17(15)24;1-2-4-6-5-3-1/h4-9,13,22-23H,1-3H3;6H,1-5H2. The van der Waals surface area contributed by atoms with Crippen LogP contribution in [0.2, 0.25) is 0 Å². The molecule has 1 fully saturated rings. The SMILES string of the molecule is C1CC[NH2+]CC1.Cc1cc(O)c(C(c2ccccc2)c2c([O-])n(C)c(=O)n(C)c2=O)c(=O)o1. The lowest BCUT2D eigenvalue weighted by Crippen LogP contribution is -2.85. The first-order chi connectivity index (χ1) is 15.7. The summed E-state index contributed by atoms with van der Waals surface area (Å²) in [7, 11) is 2.49. The summed E-state index contributed by atoms with van der Waals surface area (Å²) in [5.41, 5.74) is -2.61. The van der Waals surface area contributed by atoms with Gasteiger partial charge in [-0.05, 0) is 37.6 Å². The zero-order valence-corrected chi connectivity index (χ0v) is 19.0. The van der Waals surface area contributed by atoms with Crippen LogP contribution in [0.5, 0.6) is 11.6 Å². The van der Waals surface area contributed by atoms with Crippen molar-refractivity contribution in [1.82, 2.24) is 9.13 Å². The summed E-state index contributed by atoms with van der Waals surface area (Å²) in [4.78, 5) is 37.3. The Labute approximate surface area is 190 Å². The van der Waals surface area contributed by atoms with Gasteiger partial charge in [0, 0.05) is 25.7 Å². The largest absolute Gasteiger partial charge is 0.860 e. The molecule has 2 aromatic heterocycles. The van der Waals surface area contributed by atoms with Crippen molar-refractivity contribution in [2.45, 2.75) is 32.1 Å². The molecule has 0 spiro atoms. The highest BCUT2D eigenvalue weighted by Crippen LogP contribution is 2.35. The first kappa shape index (κ1) is 24.1. The van der Waals surface area contributed by atoms with Crippen LogP contribution in [0.1, 0.15) is 47.6 Å². The molecule has 1 unspecified atom stereocenters. The van der Waals surface area contributed by atoms with Crippen molar-refractivity contribution in [2.75, 3.05) is 13.1 Å². The molecule has 1 saturated heterocycles. The lowest BCUT2D eigenvalue weighted by atomic mass is 9.86. The molecule has 1 aromatic carbocycles. The molecule has 3 heterocycles. The predicted octanol–water partition coefficient (Wildman–Crippen LogP) is 0.0387. The van der Waals surface area contributed by atoms with Crippen LogP contribution in [0.25, 0.3) is 0 Å². The number of nitrogens with two attached hydrogens (primary N) is 1. The van der Waals surface area contributed by atoms with E-state index >= 15 is 0 Å². The molecule has 1 aliphatic rings. The van der Waals surface area contributed by atoms with E-state index in [1.807, 2.05) is 0 Å². The van der Waals surface area contributed by atoms with E-state index < -0.39 is 34.4 Å². The van der Waals surface area contributed by atoms with Gasteiger partial charge in [-0.15, -0.1) is 0 Å². The number of hydrogen-bond donors (Lipinski definition) is 2. The Balaban J connectivity index is 0.000000442. The van der Waals surface area contributed by atoms with Gasteiger partial charge in [0.05, 0.1) is 24.6 Å². The lowest BCUT2D eigenvalue weighted by Gasteiger charge is -2.25. The van der Waals surface area contributed by atoms with Crippen LogP contribution in [0, 0.1) is 6.92 Å². The molecule has 176 valence electrons. The highest BCUT2D eigenvalue weighted by molar-refractivity contribution is 5.49. The molecule has 1 atom stereocenters. The molecular weight excluding hydrogens is 426 g/mol. The second kappa shape index (κ2) is 10.4. The molecule has 33 heavy (non-hydrogen) atoms. The molecule has 0 amide bonds. The summed E-state index contributed by atoms with van der Waals surface area (Å²) < 4.78 is 6.66. The van der Waals surface area contributed by atoms with E-state index in [0.717, 1.165) is 9.13 Å². The van der Waals surface area contributed by atoms with E-state index in [1.54, 1.807) is 30.3 Å². The van der Waals surface area contributed by atoms with Gasteiger partial charge in [-0.2, -0.15) is 0 Å². The third-order valence-electron chi connectivity index (χ3n) is 5.76. The number of aromatic hydroxyl groups is 1. The fraction of sp³-hybridized carbons (Fsp3) is 0.375. The van der Waals surface area contributed by atoms with Crippen LogP contribution < -0.4 is 27.3 Å². The van der Waals surface area contributed by atoms with E-state index in [9.17, 15) is 24.6 Å². The van der Waals surface area contributed by atoms with Crippen molar-refractivity contribution in [3.8, 4) is 11.6 Å². The highest BCUT2D eigenvalue weighted by atomic mass is 16.4. The van der Waals surface area contributed by atoms with Crippen LogP contribution >= 0.6 is 0 Å². The minimum absolute atomic E-state index is 0.184. The molecular formula is C24H29N3O6. The minimum atomic E-state index is -1.19. The van der Waals surface area contributed by atoms with Gasteiger partial charge in [-0.1, -0.05) is 30.3 Å². The summed E-state index contributed by atoms with van der Waals surface area (Å²) in [6.45, 7) is 4.24. The number of quaternary nitrogens is 1. The number of piperidine rings is 1. The molecule has 3 aromatic rings. The third kappa shape index (κ3) is 5.09. The summed E-state index contributed by atoms with van der Waals surface area (Å²) >= 11 is 0. The van der Waals surface area contributed by atoms with Crippen molar-refractivity contribution >= 4 is 0 Å². The Morgan fingerprint density at radius 3 is 2.15 bits per heavy atom.